The zero-order valence-electron chi connectivity index (χ0n) is 19.5. The molecular weight excluding hydrogens is 484 g/mol. The van der Waals surface area contributed by atoms with Crippen molar-refractivity contribution >= 4 is 28.6 Å². The third kappa shape index (κ3) is 9.65. The molecule has 2 aliphatic rings. The van der Waals surface area contributed by atoms with Crippen LogP contribution in [0.25, 0.3) is 10.8 Å². The molecule has 2 aliphatic carbocycles. The molecule has 0 aliphatic heterocycles. The number of nitrogens with one attached hydrogen (secondary N) is 2. The molecule has 4 rings (SSSR count). The van der Waals surface area contributed by atoms with Crippen LogP contribution in [0, 0.1) is 63.7 Å². The summed E-state index contributed by atoms with van der Waals surface area (Å²) in [6.45, 7) is 2.05. The number of amides is 2. The Kier molecular flexibility index (Phi) is 12.9. The summed E-state index contributed by atoms with van der Waals surface area (Å²) in [6, 6.07) is 11.5. The van der Waals surface area contributed by atoms with Gasteiger partial charge >= 0.3 is 23.0 Å². The predicted octanol–water partition coefficient (Wildman–Crippen LogP) is 3.41. The monoisotopic (exact) mass is 512 g/mol. The minimum atomic E-state index is -0.366. The molecule has 180 valence electrons. The van der Waals surface area contributed by atoms with Gasteiger partial charge in [-0.25, -0.2) is 0 Å². The van der Waals surface area contributed by atoms with Gasteiger partial charge in [0, 0.05) is 18.0 Å². The van der Waals surface area contributed by atoms with Crippen LogP contribution in [0.2, 0.25) is 0 Å². The number of carbonyl (C=O) groups excluding carboxylic acids is 3. The fourth-order valence-corrected chi connectivity index (χ4v) is 3.32. The van der Waals surface area contributed by atoms with E-state index in [1.165, 1.54) is 0 Å². The van der Waals surface area contributed by atoms with Gasteiger partial charge in [-0.15, -0.1) is 0 Å². The van der Waals surface area contributed by atoms with Crippen LogP contribution in [0.3, 0.4) is 0 Å². The van der Waals surface area contributed by atoms with Crippen molar-refractivity contribution < 1.29 is 36.2 Å². The molecule has 6 nitrogen and oxygen atoms in total. The second-order valence-corrected chi connectivity index (χ2v) is 7.50. The van der Waals surface area contributed by atoms with E-state index < -0.39 is 0 Å². The van der Waals surface area contributed by atoms with E-state index in [9.17, 15) is 14.4 Å². The zero-order valence-corrected chi connectivity index (χ0v) is 20.6. The van der Waals surface area contributed by atoms with E-state index in [0.29, 0.717) is 12.2 Å². The number of carbonyl (C=O) groups is 3. The molecule has 2 saturated carbocycles. The van der Waals surface area contributed by atoms with Gasteiger partial charge in [-0.2, -0.15) is 0 Å². The van der Waals surface area contributed by atoms with Gasteiger partial charge in [-0.05, 0) is 93.2 Å². The molecule has 2 amide bonds. The maximum atomic E-state index is 12.3. The first-order valence-corrected chi connectivity index (χ1v) is 11.2. The van der Waals surface area contributed by atoms with Crippen LogP contribution in [0.15, 0.2) is 36.4 Å². The van der Waals surface area contributed by atoms with Crippen molar-refractivity contribution in [3.63, 3.8) is 0 Å². The van der Waals surface area contributed by atoms with Crippen LogP contribution >= 0.6 is 0 Å². The second kappa shape index (κ2) is 15.6. The summed E-state index contributed by atoms with van der Waals surface area (Å²) >= 11 is 0. The minimum Gasteiger partial charge on any atom is -0.466 e. The standard InChI is InChI=1S/C23H23N2O4.C5H5.Fe/c1-2-29-22(27)11-12-24-21(26)15-25-23(28)20-10-9-18-13-17(7-8-19(18)14-20)16-5-3-4-6-16;1-2-4-5-3-1;/h3-10,13-14H,2,11-12,15H2,1H3,(H,24,26)(H,25,28);1-5H;/q;;+2. The number of fused-ring (bicyclic) bond motifs is 1. The molecule has 2 fully saturated rings. The van der Waals surface area contributed by atoms with Crippen LogP contribution in [0.5, 0.6) is 0 Å². The summed E-state index contributed by atoms with van der Waals surface area (Å²) in [6.07, 6.45) is 18.2. The van der Waals surface area contributed by atoms with Crippen LogP contribution in [0.4, 0.5) is 0 Å². The minimum absolute atomic E-state index is 0. The largest absolute Gasteiger partial charge is 2.00 e. The van der Waals surface area contributed by atoms with Crippen LogP contribution < -0.4 is 10.6 Å². The number of rotatable bonds is 8. The van der Waals surface area contributed by atoms with E-state index in [1.54, 1.807) is 19.1 Å². The molecule has 0 unspecified atom stereocenters. The van der Waals surface area contributed by atoms with E-state index in [4.69, 9.17) is 4.74 Å². The van der Waals surface area contributed by atoms with Crippen molar-refractivity contribution in [1.29, 1.82) is 0 Å². The van der Waals surface area contributed by atoms with Gasteiger partial charge in [0.05, 0.1) is 19.6 Å². The Hall–Kier alpha value is -2.37. The molecule has 10 radical (unpaired) electrons. The average molecular weight is 512 g/mol. The summed E-state index contributed by atoms with van der Waals surface area (Å²) in [7, 11) is 0. The Balaban J connectivity index is 0.000000640. The quantitative estimate of drug-likeness (QED) is 0.420. The molecule has 0 atom stereocenters. The first-order chi connectivity index (χ1) is 16.6. The summed E-state index contributed by atoms with van der Waals surface area (Å²) < 4.78 is 4.78. The van der Waals surface area contributed by atoms with Gasteiger partial charge in [-0.1, -0.05) is 24.3 Å². The molecule has 2 N–H and O–H groups in total. The maximum Gasteiger partial charge on any atom is 2.00 e. The third-order valence-electron chi connectivity index (χ3n) is 5.02. The average Bonchev–Trinajstić information content (AvgIpc) is 3.59. The van der Waals surface area contributed by atoms with Crippen LogP contribution in [-0.2, 0) is 31.4 Å². The first-order valence-electron chi connectivity index (χ1n) is 11.2. The molecule has 2 aromatic carbocycles. The number of benzene rings is 2. The van der Waals surface area contributed by atoms with Crippen molar-refractivity contribution in [3.05, 3.63) is 111 Å². The van der Waals surface area contributed by atoms with E-state index >= 15 is 0 Å². The Morgan fingerprint density at radius 1 is 0.800 bits per heavy atom. The molecule has 0 saturated heterocycles. The fraction of sp³-hybridized carbons (Fsp3) is 0.179. The van der Waals surface area contributed by atoms with Gasteiger partial charge < -0.3 is 15.4 Å². The smallest absolute Gasteiger partial charge is 0.466 e. The Morgan fingerprint density at radius 2 is 1.43 bits per heavy atom. The van der Waals surface area contributed by atoms with Gasteiger partial charge in [0.1, 0.15) is 0 Å². The van der Waals surface area contributed by atoms with Gasteiger partial charge in [-0.3, -0.25) is 14.4 Å². The van der Waals surface area contributed by atoms with Crippen molar-refractivity contribution in [2.45, 2.75) is 13.3 Å². The molecule has 0 spiro atoms. The first kappa shape index (κ1) is 28.9. The van der Waals surface area contributed by atoms with E-state index in [0.717, 1.165) is 22.3 Å². The van der Waals surface area contributed by atoms with E-state index in [2.05, 4.69) is 29.5 Å². The molecular formula is C28H28FeN2O4+2. The summed E-state index contributed by atoms with van der Waals surface area (Å²) in [4.78, 5) is 35.4. The van der Waals surface area contributed by atoms with E-state index in [1.807, 2.05) is 63.1 Å². The predicted molar refractivity (Wildman–Crippen MR) is 132 cm³/mol. The Bertz CT molecular complexity index is 961. The molecule has 0 heterocycles. The van der Waals surface area contributed by atoms with Crippen molar-refractivity contribution in [3.8, 4) is 0 Å². The second-order valence-electron chi connectivity index (χ2n) is 7.50. The van der Waals surface area contributed by atoms with Crippen molar-refractivity contribution in [2.24, 2.45) is 0 Å². The Labute approximate surface area is 219 Å². The summed E-state index contributed by atoms with van der Waals surface area (Å²) in [5, 5.41) is 7.16. The van der Waals surface area contributed by atoms with Crippen LogP contribution in [0.1, 0.15) is 29.3 Å². The number of ether oxygens (including phenoxy) is 1. The molecule has 0 aromatic heterocycles. The summed E-state index contributed by atoms with van der Waals surface area (Å²) in [5.41, 5.74) is 1.61. The molecule has 2 aromatic rings. The van der Waals surface area contributed by atoms with Gasteiger partial charge in [0.15, 0.2) is 0 Å². The maximum absolute atomic E-state index is 12.3. The van der Waals surface area contributed by atoms with E-state index in [-0.39, 0.29) is 54.4 Å². The number of hydrogen-bond acceptors (Lipinski definition) is 4. The molecule has 7 heteroatoms. The Morgan fingerprint density at radius 3 is 2.09 bits per heavy atom. The van der Waals surface area contributed by atoms with Gasteiger partial charge in [0.2, 0.25) is 5.91 Å². The number of esters is 1. The van der Waals surface area contributed by atoms with Crippen molar-refractivity contribution in [1.82, 2.24) is 10.6 Å². The van der Waals surface area contributed by atoms with Crippen molar-refractivity contribution in [2.75, 3.05) is 19.7 Å². The molecule has 0 bridgehead atoms. The zero-order chi connectivity index (χ0) is 24.2. The van der Waals surface area contributed by atoms with Crippen LogP contribution in [-0.4, -0.2) is 37.5 Å². The van der Waals surface area contributed by atoms with Gasteiger partial charge in [0.25, 0.3) is 5.91 Å². The fourth-order valence-electron chi connectivity index (χ4n) is 3.32. The summed E-state index contributed by atoms with van der Waals surface area (Å²) in [5.74, 6) is 0.104. The third-order valence-corrected chi connectivity index (χ3v) is 5.02. The number of hydrogen-bond donors (Lipinski definition) is 2. The normalized spacial score (nSPS) is 15.0. The topological polar surface area (TPSA) is 84.5 Å². The molecule has 35 heavy (non-hydrogen) atoms. The SMILES string of the molecule is CCOC(=O)CCNC(=O)CNC(=O)c1ccc2cc([C]3[CH][CH][CH][CH]3)ccc2c1.[CH]1[CH][CH][CH][CH]1.[Fe+2].